The van der Waals surface area contributed by atoms with E-state index in [1.807, 2.05) is 30.3 Å². The Bertz CT molecular complexity index is 550. The summed E-state index contributed by atoms with van der Waals surface area (Å²) in [5, 5.41) is 13.7. The topological polar surface area (TPSA) is 62.4 Å². The fraction of sp³-hybridized carbons (Fsp3) is 0.529. The van der Waals surface area contributed by atoms with Crippen molar-refractivity contribution in [3.8, 4) is 0 Å². The van der Waals surface area contributed by atoms with Crippen LogP contribution in [0.4, 0.5) is 5.69 Å². The second-order valence-electron chi connectivity index (χ2n) is 5.91. The van der Waals surface area contributed by atoms with Crippen LogP contribution >= 0.6 is 0 Å². The van der Waals surface area contributed by atoms with E-state index < -0.39 is 0 Å². The standard InChI is InChI=1S/C17H25N3O2/c1-4-14(12-21)20(15-8-6-5-7-9-15)11-17-18-16(19-22-17)10-13(2)3/h5-9,13-14,21H,4,10-12H2,1-3H3. The van der Waals surface area contributed by atoms with Gasteiger partial charge in [-0.1, -0.05) is 44.1 Å². The molecule has 0 saturated heterocycles. The van der Waals surface area contributed by atoms with Crippen LogP contribution in [0.5, 0.6) is 0 Å². The van der Waals surface area contributed by atoms with Gasteiger partial charge in [-0.15, -0.1) is 0 Å². The molecule has 0 fully saturated rings. The molecule has 0 saturated carbocycles. The molecule has 5 heteroatoms. The molecule has 2 aromatic rings. The molecule has 1 heterocycles. The van der Waals surface area contributed by atoms with Gasteiger partial charge in [-0.25, -0.2) is 0 Å². The maximum absolute atomic E-state index is 9.65. The van der Waals surface area contributed by atoms with E-state index in [9.17, 15) is 5.11 Å². The lowest BCUT2D eigenvalue weighted by Crippen LogP contribution is -2.37. The van der Waals surface area contributed by atoms with Gasteiger partial charge in [0.05, 0.1) is 19.2 Å². The third-order valence-corrected chi connectivity index (χ3v) is 3.62. The smallest absolute Gasteiger partial charge is 0.246 e. The highest BCUT2D eigenvalue weighted by atomic mass is 16.5. The zero-order valence-electron chi connectivity index (χ0n) is 13.6. The predicted molar refractivity (Wildman–Crippen MR) is 86.6 cm³/mol. The molecular formula is C17H25N3O2. The fourth-order valence-corrected chi connectivity index (χ4v) is 2.45. The first-order chi connectivity index (χ1) is 10.6. The fourth-order valence-electron chi connectivity index (χ4n) is 2.45. The Balaban J connectivity index is 2.17. The second kappa shape index (κ2) is 7.94. The van der Waals surface area contributed by atoms with E-state index in [1.165, 1.54) is 0 Å². The van der Waals surface area contributed by atoms with Crippen molar-refractivity contribution in [2.45, 2.75) is 46.2 Å². The van der Waals surface area contributed by atoms with Crippen molar-refractivity contribution in [3.63, 3.8) is 0 Å². The number of rotatable bonds is 8. The van der Waals surface area contributed by atoms with Crippen molar-refractivity contribution in [2.75, 3.05) is 11.5 Å². The van der Waals surface area contributed by atoms with Gasteiger partial charge in [-0.3, -0.25) is 0 Å². The third kappa shape index (κ3) is 4.31. The first-order valence-corrected chi connectivity index (χ1v) is 7.88. The van der Waals surface area contributed by atoms with E-state index in [0.717, 1.165) is 24.4 Å². The molecule has 1 N–H and O–H groups in total. The number of nitrogens with zero attached hydrogens (tertiary/aromatic N) is 3. The molecular weight excluding hydrogens is 278 g/mol. The quantitative estimate of drug-likeness (QED) is 0.812. The number of hydrogen-bond donors (Lipinski definition) is 1. The number of para-hydroxylation sites is 1. The minimum atomic E-state index is 0.0304. The Kier molecular flexibility index (Phi) is 5.95. The van der Waals surface area contributed by atoms with Crippen molar-refractivity contribution in [1.29, 1.82) is 0 Å². The molecule has 0 spiro atoms. The normalized spacial score (nSPS) is 12.6. The van der Waals surface area contributed by atoms with Crippen LogP contribution in [-0.4, -0.2) is 27.9 Å². The Morgan fingerprint density at radius 2 is 1.95 bits per heavy atom. The van der Waals surface area contributed by atoms with Crippen molar-refractivity contribution in [3.05, 3.63) is 42.0 Å². The molecule has 5 nitrogen and oxygen atoms in total. The van der Waals surface area contributed by atoms with Gasteiger partial charge in [0.25, 0.3) is 0 Å². The van der Waals surface area contributed by atoms with Crippen molar-refractivity contribution < 1.29 is 9.63 Å². The maximum Gasteiger partial charge on any atom is 0.246 e. The van der Waals surface area contributed by atoms with Crippen LogP contribution in [0.25, 0.3) is 0 Å². The minimum absolute atomic E-state index is 0.0304. The SMILES string of the molecule is CCC(CO)N(Cc1nc(CC(C)C)no1)c1ccccc1. The van der Waals surface area contributed by atoms with Gasteiger partial charge in [0.15, 0.2) is 5.82 Å². The predicted octanol–water partition coefficient (Wildman–Crippen LogP) is 3.05. The Morgan fingerprint density at radius 1 is 1.23 bits per heavy atom. The average molecular weight is 303 g/mol. The molecule has 0 aliphatic carbocycles. The number of hydrogen-bond acceptors (Lipinski definition) is 5. The second-order valence-corrected chi connectivity index (χ2v) is 5.91. The highest BCUT2D eigenvalue weighted by Gasteiger charge is 2.20. The van der Waals surface area contributed by atoms with E-state index in [4.69, 9.17) is 4.52 Å². The van der Waals surface area contributed by atoms with Gasteiger partial charge in [0.1, 0.15) is 0 Å². The summed E-state index contributed by atoms with van der Waals surface area (Å²) in [7, 11) is 0. The van der Waals surface area contributed by atoms with Crippen molar-refractivity contribution >= 4 is 5.69 Å². The number of aliphatic hydroxyl groups is 1. The molecule has 0 aliphatic rings. The highest BCUT2D eigenvalue weighted by molar-refractivity contribution is 5.47. The van der Waals surface area contributed by atoms with E-state index in [2.05, 4.69) is 35.8 Å². The molecule has 120 valence electrons. The summed E-state index contributed by atoms with van der Waals surface area (Å²) < 4.78 is 5.37. The Labute approximate surface area is 132 Å². The van der Waals surface area contributed by atoms with Gasteiger partial charge in [0, 0.05) is 12.1 Å². The summed E-state index contributed by atoms with van der Waals surface area (Å²) in [6.07, 6.45) is 1.66. The summed E-state index contributed by atoms with van der Waals surface area (Å²) in [6, 6.07) is 10.1. The largest absolute Gasteiger partial charge is 0.394 e. The Hall–Kier alpha value is -1.88. The van der Waals surface area contributed by atoms with Gasteiger partial charge >= 0.3 is 0 Å². The Morgan fingerprint density at radius 3 is 2.55 bits per heavy atom. The van der Waals surface area contributed by atoms with Gasteiger partial charge in [0.2, 0.25) is 5.89 Å². The summed E-state index contributed by atoms with van der Waals surface area (Å²) in [6.45, 7) is 6.93. The van der Waals surface area contributed by atoms with E-state index in [-0.39, 0.29) is 12.6 Å². The average Bonchev–Trinajstić information content (AvgIpc) is 2.94. The molecule has 1 aromatic heterocycles. The lowest BCUT2D eigenvalue weighted by Gasteiger charge is -2.30. The van der Waals surface area contributed by atoms with E-state index in [1.54, 1.807) is 0 Å². The van der Waals surface area contributed by atoms with Gasteiger partial charge in [-0.05, 0) is 24.5 Å². The first-order valence-electron chi connectivity index (χ1n) is 7.88. The number of benzene rings is 1. The summed E-state index contributed by atoms with van der Waals surface area (Å²) in [4.78, 5) is 6.58. The van der Waals surface area contributed by atoms with Crippen LogP contribution < -0.4 is 4.90 Å². The maximum atomic E-state index is 9.65. The molecule has 0 radical (unpaired) electrons. The van der Waals surface area contributed by atoms with E-state index >= 15 is 0 Å². The number of aromatic nitrogens is 2. The monoisotopic (exact) mass is 303 g/mol. The van der Waals surface area contributed by atoms with Crippen LogP contribution in [0.3, 0.4) is 0 Å². The summed E-state index contributed by atoms with van der Waals surface area (Å²) in [5.41, 5.74) is 1.05. The zero-order valence-corrected chi connectivity index (χ0v) is 13.6. The lowest BCUT2D eigenvalue weighted by molar-refractivity contribution is 0.251. The lowest BCUT2D eigenvalue weighted by atomic mass is 10.1. The van der Waals surface area contributed by atoms with Gasteiger partial charge in [-0.2, -0.15) is 4.98 Å². The number of anilines is 1. The summed E-state index contributed by atoms with van der Waals surface area (Å²) in [5.74, 6) is 1.83. The van der Waals surface area contributed by atoms with Gasteiger partial charge < -0.3 is 14.5 Å². The third-order valence-electron chi connectivity index (χ3n) is 3.62. The van der Waals surface area contributed by atoms with Crippen LogP contribution in [0.15, 0.2) is 34.9 Å². The first kappa shape index (κ1) is 16.5. The molecule has 22 heavy (non-hydrogen) atoms. The van der Waals surface area contributed by atoms with Crippen molar-refractivity contribution in [1.82, 2.24) is 10.1 Å². The molecule has 1 aromatic carbocycles. The van der Waals surface area contributed by atoms with E-state index in [0.29, 0.717) is 18.4 Å². The zero-order chi connectivity index (χ0) is 15.9. The molecule has 2 rings (SSSR count). The molecule has 0 bridgehead atoms. The molecule has 1 unspecified atom stereocenters. The van der Waals surface area contributed by atoms with Crippen LogP contribution in [0, 0.1) is 5.92 Å². The molecule has 1 atom stereocenters. The van der Waals surface area contributed by atoms with Crippen LogP contribution in [0.2, 0.25) is 0 Å². The van der Waals surface area contributed by atoms with Crippen LogP contribution in [0.1, 0.15) is 38.9 Å². The number of aliphatic hydroxyl groups excluding tert-OH is 1. The van der Waals surface area contributed by atoms with Crippen LogP contribution in [-0.2, 0) is 13.0 Å². The minimum Gasteiger partial charge on any atom is -0.394 e. The molecule has 0 amide bonds. The van der Waals surface area contributed by atoms with Crippen molar-refractivity contribution in [2.24, 2.45) is 5.92 Å². The molecule has 0 aliphatic heterocycles. The highest BCUT2D eigenvalue weighted by Crippen LogP contribution is 2.21. The summed E-state index contributed by atoms with van der Waals surface area (Å²) >= 11 is 0.